The van der Waals surface area contributed by atoms with Crippen molar-refractivity contribution in [2.45, 2.75) is 17.9 Å². The Kier molecular flexibility index (Phi) is 5.85. The standard InChI is InChI=1S/C19H21F2N3O4S/c1-13(15-7-6-14(20)12-16(15)21)22-8-10-23(11-9-22)17-4-3-5-18(29(2,27)28)19(17)24(25)26/h3-7,12-13H,8-11H2,1-2H3. The summed E-state index contributed by atoms with van der Waals surface area (Å²) in [5, 5.41) is 11.6. The summed E-state index contributed by atoms with van der Waals surface area (Å²) in [6, 6.07) is 7.44. The number of piperazine rings is 1. The lowest BCUT2D eigenvalue weighted by Crippen LogP contribution is -2.47. The fraction of sp³-hybridized carbons (Fsp3) is 0.368. The first-order valence-electron chi connectivity index (χ1n) is 9.01. The molecule has 156 valence electrons. The topological polar surface area (TPSA) is 83.8 Å². The van der Waals surface area contributed by atoms with Gasteiger partial charge in [0.15, 0.2) is 9.84 Å². The summed E-state index contributed by atoms with van der Waals surface area (Å²) < 4.78 is 51.1. The second-order valence-corrected chi connectivity index (χ2v) is 9.00. The highest BCUT2D eigenvalue weighted by Crippen LogP contribution is 2.35. The number of para-hydroxylation sites is 1. The largest absolute Gasteiger partial charge is 0.363 e. The molecule has 0 saturated carbocycles. The van der Waals surface area contributed by atoms with Gasteiger partial charge in [-0.1, -0.05) is 12.1 Å². The molecule has 1 unspecified atom stereocenters. The van der Waals surface area contributed by atoms with Crippen molar-refractivity contribution < 1.29 is 22.1 Å². The van der Waals surface area contributed by atoms with Crippen LogP contribution in [0.25, 0.3) is 0 Å². The van der Waals surface area contributed by atoms with Gasteiger partial charge in [-0.15, -0.1) is 0 Å². The van der Waals surface area contributed by atoms with Crippen LogP contribution in [0.2, 0.25) is 0 Å². The van der Waals surface area contributed by atoms with Crippen molar-refractivity contribution in [1.82, 2.24) is 4.90 Å². The van der Waals surface area contributed by atoms with Gasteiger partial charge in [-0.2, -0.15) is 0 Å². The van der Waals surface area contributed by atoms with Gasteiger partial charge in [0.1, 0.15) is 22.2 Å². The maximum atomic E-state index is 14.1. The molecule has 7 nitrogen and oxygen atoms in total. The van der Waals surface area contributed by atoms with Crippen molar-refractivity contribution in [2.24, 2.45) is 0 Å². The summed E-state index contributed by atoms with van der Waals surface area (Å²) in [5.74, 6) is -1.25. The number of benzene rings is 2. The van der Waals surface area contributed by atoms with Crippen LogP contribution in [0, 0.1) is 21.7 Å². The van der Waals surface area contributed by atoms with Gasteiger partial charge in [-0.25, -0.2) is 17.2 Å². The van der Waals surface area contributed by atoms with Gasteiger partial charge < -0.3 is 4.90 Å². The predicted molar refractivity (Wildman–Crippen MR) is 105 cm³/mol. The second kappa shape index (κ2) is 8.03. The maximum Gasteiger partial charge on any atom is 0.311 e. The van der Waals surface area contributed by atoms with Crippen molar-refractivity contribution in [3.63, 3.8) is 0 Å². The molecule has 2 aromatic carbocycles. The monoisotopic (exact) mass is 425 g/mol. The quantitative estimate of drug-likeness (QED) is 0.541. The Morgan fingerprint density at radius 2 is 1.76 bits per heavy atom. The number of anilines is 1. The molecule has 10 heteroatoms. The number of halogens is 2. The van der Waals surface area contributed by atoms with Crippen LogP contribution in [-0.4, -0.2) is 50.7 Å². The molecular formula is C19H21F2N3O4S. The fourth-order valence-corrected chi connectivity index (χ4v) is 4.49. The molecule has 0 amide bonds. The van der Waals surface area contributed by atoms with E-state index in [0.29, 0.717) is 31.7 Å². The molecule has 1 fully saturated rings. The number of hydrogen-bond donors (Lipinski definition) is 0. The summed E-state index contributed by atoms with van der Waals surface area (Å²) in [6.45, 7) is 3.59. The first-order chi connectivity index (χ1) is 13.6. The molecule has 2 aromatic rings. The highest BCUT2D eigenvalue weighted by Gasteiger charge is 2.31. The van der Waals surface area contributed by atoms with E-state index in [9.17, 15) is 27.3 Å². The van der Waals surface area contributed by atoms with Crippen LogP contribution in [-0.2, 0) is 9.84 Å². The second-order valence-electron chi connectivity index (χ2n) is 7.02. The van der Waals surface area contributed by atoms with E-state index in [1.165, 1.54) is 30.3 Å². The van der Waals surface area contributed by atoms with Gasteiger partial charge in [-0.05, 0) is 25.1 Å². The van der Waals surface area contributed by atoms with E-state index in [4.69, 9.17) is 0 Å². The van der Waals surface area contributed by atoms with Crippen molar-refractivity contribution in [3.05, 3.63) is 63.7 Å². The molecule has 0 spiro atoms. The number of nitrogens with zero attached hydrogens (tertiary/aromatic N) is 3. The molecule has 1 heterocycles. The molecule has 1 aliphatic rings. The van der Waals surface area contributed by atoms with Gasteiger partial charge in [0.2, 0.25) is 0 Å². The average molecular weight is 425 g/mol. The average Bonchev–Trinajstić information content (AvgIpc) is 2.66. The van der Waals surface area contributed by atoms with E-state index in [0.717, 1.165) is 12.3 Å². The summed E-state index contributed by atoms with van der Waals surface area (Å²) in [7, 11) is -3.76. The maximum absolute atomic E-state index is 14.1. The summed E-state index contributed by atoms with van der Waals surface area (Å²) in [5.41, 5.74) is 0.198. The number of hydrogen-bond acceptors (Lipinski definition) is 6. The van der Waals surface area contributed by atoms with Crippen molar-refractivity contribution in [3.8, 4) is 0 Å². The highest BCUT2D eigenvalue weighted by molar-refractivity contribution is 7.90. The van der Waals surface area contributed by atoms with Crippen LogP contribution in [0.4, 0.5) is 20.2 Å². The van der Waals surface area contributed by atoms with Gasteiger partial charge >= 0.3 is 5.69 Å². The van der Waals surface area contributed by atoms with E-state index < -0.39 is 32.1 Å². The van der Waals surface area contributed by atoms with Gasteiger partial charge in [-0.3, -0.25) is 15.0 Å². The van der Waals surface area contributed by atoms with E-state index in [1.807, 2.05) is 11.8 Å². The molecule has 0 N–H and O–H groups in total. The smallest absolute Gasteiger partial charge is 0.311 e. The lowest BCUT2D eigenvalue weighted by Gasteiger charge is -2.39. The minimum absolute atomic E-state index is 0.248. The Bertz CT molecular complexity index is 1040. The number of sulfone groups is 1. The molecule has 0 bridgehead atoms. The molecule has 29 heavy (non-hydrogen) atoms. The Labute approximate surface area is 167 Å². The fourth-order valence-electron chi connectivity index (χ4n) is 3.64. The lowest BCUT2D eigenvalue weighted by atomic mass is 10.0. The zero-order valence-electron chi connectivity index (χ0n) is 16.0. The number of nitro groups is 1. The third-order valence-electron chi connectivity index (χ3n) is 5.18. The summed E-state index contributed by atoms with van der Waals surface area (Å²) in [6.07, 6.45) is 0.940. The summed E-state index contributed by atoms with van der Waals surface area (Å²) in [4.78, 5) is 14.4. The predicted octanol–water partition coefficient (Wildman–Crippen LogP) is 3.16. The van der Waals surface area contributed by atoms with Crippen molar-refractivity contribution >= 4 is 21.2 Å². The molecule has 0 aliphatic carbocycles. The van der Waals surface area contributed by atoms with Crippen molar-refractivity contribution in [1.29, 1.82) is 0 Å². The van der Waals surface area contributed by atoms with Crippen LogP contribution in [0.15, 0.2) is 41.3 Å². The van der Waals surface area contributed by atoms with Crippen LogP contribution >= 0.6 is 0 Å². The lowest BCUT2D eigenvalue weighted by molar-refractivity contribution is -0.387. The minimum Gasteiger partial charge on any atom is -0.363 e. The van der Waals surface area contributed by atoms with Crippen LogP contribution in [0.5, 0.6) is 0 Å². The zero-order valence-corrected chi connectivity index (χ0v) is 16.8. The molecule has 0 radical (unpaired) electrons. The van der Waals surface area contributed by atoms with E-state index in [2.05, 4.69) is 0 Å². The van der Waals surface area contributed by atoms with Gasteiger partial charge in [0.05, 0.1) is 4.92 Å². The first kappa shape index (κ1) is 21.1. The van der Waals surface area contributed by atoms with E-state index in [1.54, 1.807) is 4.90 Å². The number of nitro benzene ring substituents is 1. The summed E-state index contributed by atoms with van der Waals surface area (Å²) >= 11 is 0. The molecule has 1 atom stereocenters. The first-order valence-corrected chi connectivity index (χ1v) is 10.9. The van der Waals surface area contributed by atoms with Gasteiger partial charge in [0.25, 0.3) is 0 Å². The minimum atomic E-state index is -3.76. The van der Waals surface area contributed by atoms with Crippen LogP contribution < -0.4 is 4.90 Å². The Balaban J connectivity index is 1.82. The molecule has 1 saturated heterocycles. The van der Waals surface area contributed by atoms with Crippen molar-refractivity contribution in [2.75, 3.05) is 37.3 Å². The highest BCUT2D eigenvalue weighted by atomic mass is 32.2. The SMILES string of the molecule is CC(c1ccc(F)cc1F)N1CCN(c2cccc(S(C)(=O)=O)c2[N+](=O)[O-])CC1. The normalized spacial score (nSPS) is 16.6. The zero-order chi connectivity index (χ0) is 21.3. The third-order valence-corrected chi connectivity index (χ3v) is 6.30. The molecular weight excluding hydrogens is 404 g/mol. The Morgan fingerprint density at radius 3 is 2.31 bits per heavy atom. The molecule has 1 aliphatic heterocycles. The van der Waals surface area contributed by atoms with E-state index in [-0.39, 0.29) is 16.6 Å². The van der Waals surface area contributed by atoms with Crippen LogP contribution in [0.3, 0.4) is 0 Å². The molecule has 0 aromatic heterocycles. The molecule has 3 rings (SSSR count). The van der Waals surface area contributed by atoms with Crippen LogP contribution in [0.1, 0.15) is 18.5 Å². The van der Waals surface area contributed by atoms with Gasteiger partial charge in [0, 0.05) is 50.1 Å². The van der Waals surface area contributed by atoms with E-state index >= 15 is 0 Å². The third kappa shape index (κ3) is 4.38. The Hall–Kier alpha value is -2.59. The Morgan fingerprint density at radius 1 is 1.10 bits per heavy atom. The number of rotatable bonds is 5.